The van der Waals surface area contributed by atoms with E-state index in [9.17, 15) is 0 Å². The molecule has 0 spiro atoms. The van der Waals surface area contributed by atoms with Crippen LogP contribution in [0.1, 0.15) is 18.4 Å². The van der Waals surface area contributed by atoms with Crippen molar-refractivity contribution in [2.24, 2.45) is 0 Å². The van der Waals surface area contributed by atoms with E-state index in [2.05, 4.69) is 22.2 Å². The van der Waals surface area contributed by atoms with Crippen LogP contribution in [0.3, 0.4) is 0 Å². The SMILES string of the molecule is Cc1cc(NC2CCCN(C)C2)ncc1N. The largest absolute Gasteiger partial charge is 0.397 e. The second-order valence-electron chi connectivity index (χ2n) is 4.67. The van der Waals surface area contributed by atoms with Crippen molar-refractivity contribution >= 4 is 11.5 Å². The Hall–Kier alpha value is -1.29. The summed E-state index contributed by atoms with van der Waals surface area (Å²) in [5.74, 6) is 0.937. The third-order valence-electron chi connectivity index (χ3n) is 3.13. The molecule has 4 heteroatoms. The number of piperidine rings is 1. The van der Waals surface area contributed by atoms with Crippen LogP contribution in [-0.2, 0) is 0 Å². The van der Waals surface area contributed by atoms with E-state index in [1.807, 2.05) is 13.0 Å². The lowest BCUT2D eigenvalue weighted by Gasteiger charge is -2.30. The van der Waals surface area contributed by atoms with Crippen LogP contribution in [0.4, 0.5) is 11.5 Å². The molecule has 4 nitrogen and oxygen atoms in total. The topological polar surface area (TPSA) is 54.2 Å². The van der Waals surface area contributed by atoms with Crippen molar-refractivity contribution in [3.05, 3.63) is 17.8 Å². The fourth-order valence-electron chi connectivity index (χ4n) is 2.14. The number of nitrogens with two attached hydrogens (primary N) is 1. The van der Waals surface area contributed by atoms with Crippen molar-refractivity contribution < 1.29 is 0 Å². The highest BCUT2D eigenvalue weighted by Gasteiger charge is 2.17. The maximum Gasteiger partial charge on any atom is 0.126 e. The summed E-state index contributed by atoms with van der Waals surface area (Å²) in [6, 6.07) is 2.53. The van der Waals surface area contributed by atoms with Gasteiger partial charge >= 0.3 is 0 Å². The maximum atomic E-state index is 5.75. The minimum atomic E-state index is 0.509. The van der Waals surface area contributed by atoms with E-state index in [0.717, 1.165) is 23.6 Å². The maximum absolute atomic E-state index is 5.75. The molecular formula is C12H20N4. The molecule has 1 unspecified atom stereocenters. The summed E-state index contributed by atoms with van der Waals surface area (Å²) in [6.07, 6.45) is 4.20. The molecule has 2 heterocycles. The second-order valence-corrected chi connectivity index (χ2v) is 4.67. The van der Waals surface area contributed by atoms with Gasteiger partial charge < -0.3 is 16.0 Å². The van der Waals surface area contributed by atoms with Crippen molar-refractivity contribution in [1.82, 2.24) is 9.88 Å². The number of likely N-dealkylation sites (N-methyl/N-ethyl adjacent to an activating group) is 1. The van der Waals surface area contributed by atoms with Crippen LogP contribution in [0, 0.1) is 6.92 Å². The number of nitrogens with zero attached hydrogens (tertiary/aromatic N) is 2. The quantitative estimate of drug-likeness (QED) is 0.792. The molecule has 1 aromatic heterocycles. The number of nitrogen functional groups attached to an aromatic ring is 1. The van der Waals surface area contributed by atoms with Gasteiger partial charge in [-0.05, 0) is 45.0 Å². The molecule has 0 bridgehead atoms. The van der Waals surface area contributed by atoms with Crippen molar-refractivity contribution in [2.45, 2.75) is 25.8 Å². The fourth-order valence-corrected chi connectivity index (χ4v) is 2.14. The van der Waals surface area contributed by atoms with E-state index < -0.39 is 0 Å². The molecule has 1 atom stereocenters. The predicted octanol–water partition coefficient (Wildman–Crippen LogP) is 1.48. The number of pyridine rings is 1. The highest BCUT2D eigenvalue weighted by Crippen LogP contribution is 2.17. The molecule has 16 heavy (non-hydrogen) atoms. The first-order valence-corrected chi connectivity index (χ1v) is 5.82. The Labute approximate surface area is 96.8 Å². The summed E-state index contributed by atoms with van der Waals surface area (Å²) in [5.41, 5.74) is 7.59. The van der Waals surface area contributed by atoms with Gasteiger partial charge in [0, 0.05) is 12.6 Å². The number of aromatic nitrogens is 1. The molecule has 1 aromatic rings. The minimum absolute atomic E-state index is 0.509. The number of anilines is 2. The molecule has 0 amide bonds. The lowest BCUT2D eigenvalue weighted by molar-refractivity contribution is 0.261. The first-order chi connectivity index (χ1) is 7.65. The van der Waals surface area contributed by atoms with Crippen LogP contribution < -0.4 is 11.1 Å². The summed E-state index contributed by atoms with van der Waals surface area (Å²) < 4.78 is 0. The molecule has 0 aliphatic carbocycles. The van der Waals surface area contributed by atoms with Gasteiger partial charge in [0.25, 0.3) is 0 Å². The average Bonchev–Trinajstić information content (AvgIpc) is 2.24. The lowest BCUT2D eigenvalue weighted by Crippen LogP contribution is -2.39. The summed E-state index contributed by atoms with van der Waals surface area (Å²) in [4.78, 5) is 6.66. The van der Waals surface area contributed by atoms with E-state index in [1.165, 1.54) is 19.4 Å². The van der Waals surface area contributed by atoms with Gasteiger partial charge in [-0.2, -0.15) is 0 Å². The standard InChI is InChI=1S/C12H20N4/c1-9-6-12(14-7-11(9)13)15-10-4-3-5-16(2)8-10/h6-7,10H,3-5,8,13H2,1-2H3,(H,14,15). The van der Waals surface area contributed by atoms with E-state index in [4.69, 9.17) is 5.73 Å². The molecule has 0 radical (unpaired) electrons. The van der Waals surface area contributed by atoms with E-state index in [-0.39, 0.29) is 0 Å². The Morgan fingerprint density at radius 3 is 3.06 bits per heavy atom. The summed E-state index contributed by atoms with van der Waals surface area (Å²) >= 11 is 0. The van der Waals surface area contributed by atoms with Gasteiger partial charge in [0.2, 0.25) is 0 Å². The van der Waals surface area contributed by atoms with Gasteiger partial charge in [0.05, 0.1) is 11.9 Å². The number of rotatable bonds is 2. The summed E-state index contributed by atoms with van der Waals surface area (Å²) in [6.45, 7) is 4.30. The molecule has 88 valence electrons. The van der Waals surface area contributed by atoms with Gasteiger partial charge in [-0.1, -0.05) is 0 Å². The van der Waals surface area contributed by atoms with Crippen molar-refractivity contribution in [3.63, 3.8) is 0 Å². The van der Waals surface area contributed by atoms with Crippen molar-refractivity contribution in [1.29, 1.82) is 0 Å². The molecule has 1 saturated heterocycles. The van der Waals surface area contributed by atoms with Crippen molar-refractivity contribution in [2.75, 3.05) is 31.2 Å². The Kier molecular flexibility index (Phi) is 3.29. The van der Waals surface area contributed by atoms with Gasteiger partial charge in [0.1, 0.15) is 5.82 Å². The highest BCUT2D eigenvalue weighted by atomic mass is 15.1. The van der Waals surface area contributed by atoms with Crippen LogP contribution >= 0.6 is 0 Å². The Morgan fingerprint density at radius 2 is 2.38 bits per heavy atom. The highest BCUT2D eigenvalue weighted by molar-refractivity contribution is 5.51. The normalized spacial score (nSPS) is 22.0. The van der Waals surface area contributed by atoms with Crippen LogP contribution in [0.15, 0.2) is 12.3 Å². The second kappa shape index (κ2) is 4.70. The number of nitrogens with one attached hydrogen (secondary N) is 1. The van der Waals surface area contributed by atoms with Crippen LogP contribution in [0.2, 0.25) is 0 Å². The zero-order valence-electron chi connectivity index (χ0n) is 10.0. The van der Waals surface area contributed by atoms with Crippen molar-refractivity contribution in [3.8, 4) is 0 Å². The smallest absolute Gasteiger partial charge is 0.126 e. The molecule has 0 aromatic carbocycles. The number of hydrogen-bond donors (Lipinski definition) is 2. The monoisotopic (exact) mass is 220 g/mol. The predicted molar refractivity (Wildman–Crippen MR) is 67.5 cm³/mol. The molecular weight excluding hydrogens is 200 g/mol. The summed E-state index contributed by atoms with van der Waals surface area (Å²) in [5, 5.41) is 3.47. The van der Waals surface area contributed by atoms with E-state index in [1.54, 1.807) is 6.20 Å². The van der Waals surface area contributed by atoms with Crippen LogP contribution in [-0.4, -0.2) is 36.1 Å². The number of aryl methyl sites for hydroxylation is 1. The zero-order chi connectivity index (χ0) is 11.5. The third-order valence-corrected chi connectivity index (χ3v) is 3.13. The third kappa shape index (κ3) is 2.64. The first kappa shape index (κ1) is 11.2. The molecule has 2 rings (SSSR count). The average molecular weight is 220 g/mol. The van der Waals surface area contributed by atoms with Gasteiger partial charge in [-0.3, -0.25) is 0 Å². The van der Waals surface area contributed by atoms with E-state index in [0.29, 0.717) is 6.04 Å². The summed E-state index contributed by atoms with van der Waals surface area (Å²) in [7, 11) is 2.16. The van der Waals surface area contributed by atoms with Gasteiger partial charge in [-0.15, -0.1) is 0 Å². The number of likely N-dealkylation sites (tertiary alicyclic amines) is 1. The Morgan fingerprint density at radius 1 is 1.56 bits per heavy atom. The lowest BCUT2D eigenvalue weighted by atomic mass is 10.1. The van der Waals surface area contributed by atoms with Gasteiger partial charge in [0.15, 0.2) is 0 Å². The Bertz CT molecular complexity index is 364. The van der Waals surface area contributed by atoms with Gasteiger partial charge in [-0.25, -0.2) is 4.98 Å². The molecule has 1 aliphatic heterocycles. The first-order valence-electron chi connectivity index (χ1n) is 5.82. The zero-order valence-corrected chi connectivity index (χ0v) is 10.0. The molecule has 3 N–H and O–H groups in total. The fraction of sp³-hybridized carbons (Fsp3) is 0.583. The van der Waals surface area contributed by atoms with Crippen LogP contribution in [0.25, 0.3) is 0 Å². The van der Waals surface area contributed by atoms with E-state index >= 15 is 0 Å². The Balaban J connectivity index is 2.00. The number of hydrogen-bond acceptors (Lipinski definition) is 4. The minimum Gasteiger partial charge on any atom is -0.397 e. The molecule has 1 fully saturated rings. The van der Waals surface area contributed by atoms with Crippen LogP contribution in [0.5, 0.6) is 0 Å². The molecule has 1 aliphatic rings. The molecule has 0 saturated carbocycles.